The van der Waals surface area contributed by atoms with Gasteiger partial charge >= 0.3 is 0 Å². The Morgan fingerprint density at radius 2 is 1.94 bits per heavy atom. The van der Waals surface area contributed by atoms with Gasteiger partial charge in [-0.05, 0) is 42.9 Å². The average molecular weight is 242 g/mol. The summed E-state index contributed by atoms with van der Waals surface area (Å²) < 4.78 is 5.21. The van der Waals surface area contributed by atoms with E-state index in [0.717, 1.165) is 18.6 Å². The zero-order chi connectivity index (χ0) is 12.5. The lowest BCUT2D eigenvalue weighted by molar-refractivity contribution is -0.130. The number of benzene rings is 1. The zero-order valence-corrected chi connectivity index (χ0v) is 10.9. The van der Waals surface area contributed by atoms with Crippen LogP contribution in [0, 0.1) is 17.3 Å². The lowest BCUT2D eigenvalue weighted by atomic mass is 9.65. The second-order valence-electron chi connectivity index (χ2n) is 6.48. The Balaban J connectivity index is 1.73. The highest BCUT2D eigenvalue weighted by Crippen LogP contribution is 2.77. The number of rotatable bonds is 2. The Hall–Kier alpha value is -1.31. The van der Waals surface area contributed by atoms with Crippen LogP contribution in [0.4, 0.5) is 0 Å². The number of hydrogen-bond acceptors (Lipinski definition) is 2. The smallest absolute Gasteiger partial charge is 0.143 e. The van der Waals surface area contributed by atoms with Crippen molar-refractivity contribution >= 4 is 5.78 Å². The molecule has 5 rings (SSSR count). The molecule has 0 spiro atoms. The van der Waals surface area contributed by atoms with E-state index >= 15 is 0 Å². The summed E-state index contributed by atoms with van der Waals surface area (Å²) in [4.78, 5) is 12.4. The molecule has 4 aliphatic rings. The van der Waals surface area contributed by atoms with Crippen molar-refractivity contribution in [2.24, 2.45) is 17.3 Å². The minimum Gasteiger partial charge on any atom is -0.497 e. The van der Waals surface area contributed by atoms with Gasteiger partial charge in [0.1, 0.15) is 11.5 Å². The summed E-state index contributed by atoms with van der Waals surface area (Å²) in [6, 6.07) is 8.37. The van der Waals surface area contributed by atoms with E-state index in [1.807, 2.05) is 12.1 Å². The van der Waals surface area contributed by atoms with Gasteiger partial charge in [-0.15, -0.1) is 0 Å². The third-order valence-corrected chi connectivity index (χ3v) is 5.78. The summed E-state index contributed by atoms with van der Waals surface area (Å²) in [5.41, 5.74) is 1.57. The number of ether oxygens (including phenoxy) is 1. The first kappa shape index (κ1) is 10.6. The van der Waals surface area contributed by atoms with Crippen molar-refractivity contribution in [3.63, 3.8) is 0 Å². The molecule has 0 saturated heterocycles. The van der Waals surface area contributed by atoms with Crippen LogP contribution in [0.3, 0.4) is 0 Å². The SMILES string of the molecule is COc1ccc(C23CCC4(C)CC2C3C4=O)cc1. The van der Waals surface area contributed by atoms with Crippen LogP contribution in [0.25, 0.3) is 0 Å². The van der Waals surface area contributed by atoms with Crippen LogP contribution in [-0.4, -0.2) is 12.9 Å². The maximum Gasteiger partial charge on any atom is 0.143 e. The first-order chi connectivity index (χ1) is 8.62. The quantitative estimate of drug-likeness (QED) is 0.797. The van der Waals surface area contributed by atoms with Crippen molar-refractivity contribution in [2.75, 3.05) is 7.11 Å². The molecule has 4 atom stereocenters. The molecule has 4 fully saturated rings. The molecule has 0 heterocycles. The Bertz CT molecular complexity index is 533. The maximum atomic E-state index is 12.4. The minimum absolute atomic E-state index is 0.0174. The number of fused-ring (bicyclic) bond motifs is 1. The highest BCUT2D eigenvalue weighted by Gasteiger charge is 2.78. The maximum absolute atomic E-state index is 12.4. The highest BCUT2D eigenvalue weighted by molar-refractivity contribution is 5.96. The van der Waals surface area contributed by atoms with Crippen molar-refractivity contribution in [3.05, 3.63) is 29.8 Å². The summed E-state index contributed by atoms with van der Waals surface area (Å²) in [7, 11) is 1.69. The van der Waals surface area contributed by atoms with E-state index in [1.54, 1.807) is 7.11 Å². The number of carbonyl (C=O) groups excluding carboxylic acids is 1. The zero-order valence-electron chi connectivity index (χ0n) is 10.9. The van der Waals surface area contributed by atoms with Crippen LogP contribution < -0.4 is 4.74 Å². The lowest BCUT2D eigenvalue weighted by Gasteiger charge is -2.38. The molecule has 2 heteroatoms. The summed E-state index contributed by atoms with van der Waals surface area (Å²) in [5.74, 6) is 2.38. The fourth-order valence-electron chi connectivity index (χ4n) is 4.68. The Morgan fingerprint density at radius 3 is 2.50 bits per heavy atom. The second kappa shape index (κ2) is 2.98. The van der Waals surface area contributed by atoms with Crippen molar-refractivity contribution < 1.29 is 9.53 Å². The Kier molecular flexibility index (Phi) is 1.76. The number of carbonyl (C=O) groups is 1. The van der Waals surface area contributed by atoms with Crippen LogP contribution in [0.5, 0.6) is 5.75 Å². The lowest BCUT2D eigenvalue weighted by Crippen LogP contribution is -2.38. The predicted molar refractivity (Wildman–Crippen MR) is 68.6 cm³/mol. The van der Waals surface area contributed by atoms with Crippen LogP contribution >= 0.6 is 0 Å². The van der Waals surface area contributed by atoms with E-state index in [4.69, 9.17) is 4.74 Å². The van der Waals surface area contributed by atoms with E-state index in [9.17, 15) is 4.79 Å². The molecule has 4 bridgehead atoms. The topological polar surface area (TPSA) is 26.3 Å². The average Bonchev–Trinajstić information content (AvgIpc) is 2.99. The van der Waals surface area contributed by atoms with Gasteiger partial charge in [-0.3, -0.25) is 4.79 Å². The van der Waals surface area contributed by atoms with Crippen molar-refractivity contribution in [1.29, 1.82) is 0 Å². The van der Waals surface area contributed by atoms with Crippen molar-refractivity contribution in [2.45, 2.75) is 31.6 Å². The first-order valence-corrected chi connectivity index (χ1v) is 6.81. The third kappa shape index (κ3) is 0.992. The van der Waals surface area contributed by atoms with Crippen LogP contribution in [0.2, 0.25) is 0 Å². The molecule has 2 nitrogen and oxygen atoms in total. The predicted octanol–water partition coefficient (Wildman–Crippen LogP) is 2.95. The molecule has 0 aliphatic heterocycles. The molecule has 18 heavy (non-hydrogen) atoms. The molecule has 0 N–H and O–H groups in total. The number of ketones is 1. The van der Waals surface area contributed by atoms with Crippen molar-refractivity contribution in [3.8, 4) is 5.75 Å². The van der Waals surface area contributed by atoms with Crippen LogP contribution in [0.15, 0.2) is 24.3 Å². The molecule has 94 valence electrons. The molecular formula is C16H18O2. The molecule has 4 unspecified atom stereocenters. The van der Waals surface area contributed by atoms with E-state index in [1.165, 1.54) is 12.0 Å². The van der Waals surface area contributed by atoms with E-state index in [-0.39, 0.29) is 10.8 Å². The van der Waals surface area contributed by atoms with E-state index in [2.05, 4.69) is 19.1 Å². The fraction of sp³-hybridized carbons (Fsp3) is 0.562. The monoisotopic (exact) mass is 242 g/mol. The van der Waals surface area contributed by atoms with Crippen LogP contribution in [-0.2, 0) is 10.2 Å². The Morgan fingerprint density at radius 1 is 1.22 bits per heavy atom. The molecule has 1 aromatic carbocycles. The number of Topliss-reactive ketones (excluding diaryl/α,β-unsaturated/α-hetero) is 1. The summed E-state index contributed by atoms with van der Waals surface area (Å²) >= 11 is 0. The van der Waals surface area contributed by atoms with E-state index in [0.29, 0.717) is 17.6 Å². The normalized spacial score (nSPS) is 44.0. The van der Waals surface area contributed by atoms with Gasteiger partial charge in [0.05, 0.1) is 7.11 Å². The number of hydrogen-bond donors (Lipinski definition) is 0. The first-order valence-electron chi connectivity index (χ1n) is 6.81. The molecule has 0 aromatic heterocycles. The number of methoxy groups -OCH3 is 1. The van der Waals surface area contributed by atoms with Gasteiger partial charge in [0.15, 0.2) is 0 Å². The fourth-order valence-corrected chi connectivity index (χ4v) is 4.68. The summed E-state index contributed by atoms with van der Waals surface area (Å²) in [5, 5.41) is 0. The van der Waals surface area contributed by atoms with Gasteiger partial charge in [-0.25, -0.2) is 0 Å². The summed E-state index contributed by atoms with van der Waals surface area (Å²) in [6.07, 6.45) is 3.38. The molecule has 4 aliphatic carbocycles. The van der Waals surface area contributed by atoms with Gasteiger partial charge in [0.25, 0.3) is 0 Å². The molecule has 1 aromatic rings. The van der Waals surface area contributed by atoms with Gasteiger partial charge in [-0.2, -0.15) is 0 Å². The molecular weight excluding hydrogens is 224 g/mol. The summed E-state index contributed by atoms with van der Waals surface area (Å²) in [6.45, 7) is 2.17. The van der Waals surface area contributed by atoms with Gasteiger partial charge < -0.3 is 4.74 Å². The van der Waals surface area contributed by atoms with Crippen molar-refractivity contribution in [1.82, 2.24) is 0 Å². The second-order valence-corrected chi connectivity index (χ2v) is 6.48. The third-order valence-electron chi connectivity index (χ3n) is 5.78. The molecule has 0 radical (unpaired) electrons. The molecule has 0 amide bonds. The minimum atomic E-state index is 0.0174. The van der Waals surface area contributed by atoms with E-state index < -0.39 is 0 Å². The Labute approximate surface area is 107 Å². The van der Waals surface area contributed by atoms with Gasteiger partial charge in [0.2, 0.25) is 0 Å². The van der Waals surface area contributed by atoms with Crippen LogP contribution in [0.1, 0.15) is 31.7 Å². The van der Waals surface area contributed by atoms with Gasteiger partial charge in [-0.1, -0.05) is 19.1 Å². The molecule has 4 saturated carbocycles. The highest BCUT2D eigenvalue weighted by atomic mass is 16.5. The standard InChI is InChI=1S/C16H18O2/c1-15-7-8-16(12(9-15)13(16)14(15)17)10-3-5-11(18-2)6-4-10/h3-6,12-13H,7-9H2,1-2H3. The van der Waals surface area contributed by atoms with Gasteiger partial charge in [0, 0.05) is 16.7 Å². The largest absolute Gasteiger partial charge is 0.497 e.